The van der Waals surface area contributed by atoms with Crippen LogP contribution in [0.4, 0.5) is 16.0 Å². The van der Waals surface area contributed by atoms with Crippen molar-refractivity contribution in [1.29, 1.82) is 0 Å². The fourth-order valence-corrected chi connectivity index (χ4v) is 1.88. The first-order valence-electron chi connectivity index (χ1n) is 6.50. The standard InChI is InChI=1S/C14H13ClFN5O2/c1-7-5-8(2)18-14(17-7)21-20-13(23)12(22)19-11-4-3-9(15)6-10(11)16/h3-6H,1-2H3,(H,19,22)(H,20,23)(H,17,18,21). The van der Waals surface area contributed by atoms with Crippen LogP contribution in [0.1, 0.15) is 11.4 Å². The fraction of sp³-hybridized carbons (Fsp3) is 0.143. The lowest BCUT2D eigenvalue weighted by Gasteiger charge is -2.09. The number of carbonyl (C=O) groups excluding carboxylic acids is 2. The third-order valence-corrected chi connectivity index (χ3v) is 2.89. The first-order valence-corrected chi connectivity index (χ1v) is 6.87. The van der Waals surface area contributed by atoms with Crippen molar-refractivity contribution in [3.8, 4) is 0 Å². The van der Waals surface area contributed by atoms with Gasteiger partial charge in [-0.1, -0.05) is 11.6 Å². The second kappa shape index (κ2) is 7.01. The van der Waals surface area contributed by atoms with Gasteiger partial charge in [-0.15, -0.1) is 0 Å². The lowest BCUT2D eigenvalue weighted by atomic mass is 10.3. The predicted molar refractivity (Wildman–Crippen MR) is 83.3 cm³/mol. The van der Waals surface area contributed by atoms with Crippen molar-refractivity contribution in [2.45, 2.75) is 13.8 Å². The number of benzene rings is 1. The summed E-state index contributed by atoms with van der Waals surface area (Å²) in [5.74, 6) is -2.68. The van der Waals surface area contributed by atoms with E-state index in [2.05, 4.69) is 26.1 Å². The molecule has 0 aliphatic carbocycles. The highest BCUT2D eigenvalue weighted by Gasteiger charge is 2.16. The van der Waals surface area contributed by atoms with Crippen molar-refractivity contribution in [2.75, 3.05) is 10.7 Å². The summed E-state index contributed by atoms with van der Waals surface area (Å²) in [6, 6.07) is 5.42. The molecule has 0 fully saturated rings. The summed E-state index contributed by atoms with van der Waals surface area (Å²) in [7, 11) is 0. The van der Waals surface area contributed by atoms with Gasteiger partial charge in [-0.3, -0.25) is 20.4 Å². The van der Waals surface area contributed by atoms with Crippen LogP contribution in [0, 0.1) is 19.7 Å². The van der Waals surface area contributed by atoms with Crippen LogP contribution < -0.4 is 16.2 Å². The van der Waals surface area contributed by atoms with Gasteiger partial charge >= 0.3 is 11.8 Å². The minimum atomic E-state index is -1.05. The number of halogens is 2. The van der Waals surface area contributed by atoms with Crippen molar-refractivity contribution in [3.05, 3.63) is 46.5 Å². The molecule has 23 heavy (non-hydrogen) atoms. The summed E-state index contributed by atoms with van der Waals surface area (Å²) in [5, 5.41) is 2.31. The van der Waals surface area contributed by atoms with Gasteiger partial charge in [-0.2, -0.15) is 0 Å². The summed E-state index contributed by atoms with van der Waals surface area (Å²) in [4.78, 5) is 31.4. The van der Waals surface area contributed by atoms with Crippen LogP contribution in [0.3, 0.4) is 0 Å². The molecule has 0 spiro atoms. The third-order valence-electron chi connectivity index (χ3n) is 2.66. The number of anilines is 2. The van der Waals surface area contributed by atoms with Crippen LogP contribution in [0.15, 0.2) is 24.3 Å². The molecule has 1 heterocycles. The van der Waals surface area contributed by atoms with Crippen LogP contribution in [0.5, 0.6) is 0 Å². The topological polar surface area (TPSA) is 96.0 Å². The molecule has 3 N–H and O–H groups in total. The zero-order valence-electron chi connectivity index (χ0n) is 12.3. The first kappa shape index (κ1) is 16.6. The van der Waals surface area contributed by atoms with Gasteiger partial charge in [-0.05, 0) is 38.1 Å². The Morgan fingerprint density at radius 1 is 1.09 bits per heavy atom. The van der Waals surface area contributed by atoms with Gasteiger partial charge in [0, 0.05) is 16.4 Å². The summed E-state index contributed by atoms with van der Waals surface area (Å²) in [6.45, 7) is 3.52. The van der Waals surface area contributed by atoms with Crippen LogP contribution in [0.2, 0.25) is 5.02 Å². The van der Waals surface area contributed by atoms with E-state index in [0.29, 0.717) is 11.4 Å². The van der Waals surface area contributed by atoms with Gasteiger partial charge in [0.2, 0.25) is 5.95 Å². The normalized spacial score (nSPS) is 10.1. The maximum Gasteiger partial charge on any atom is 0.328 e. The largest absolute Gasteiger partial charge is 0.328 e. The molecule has 7 nitrogen and oxygen atoms in total. The Kier molecular flexibility index (Phi) is 5.07. The summed E-state index contributed by atoms with van der Waals surface area (Å²) < 4.78 is 13.5. The lowest BCUT2D eigenvalue weighted by molar-refractivity contribution is -0.135. The molecule has 0 aliphatic rings. The molecule has 9 heteroatoms. The molecule has 0 aliphatic heterocycles. The Hall–Kier alpha value is -2.74. The fourth-order valence-electron chi connectivity index (χ4n) is 1.72. The summed E-state index contributed by atoms with van der Waals surface area (Å²) in [5.41, 5.74) is 5.79. The number of aromatic nitrogens is 2. The van der Waals surface area contributed by atoms with E-state index < -0.39 is 17.6 Å². The lowest BCUT2D eigenvalue weighted by Crippen LogP contribution is -2.39. The number of nitrogens with zero attached hydrogens (tertiary/aromatic N) is 2. The summed E-state index contributed by atoms with van der Waals surface area (Å²) in [6.07, 6.45) is 0. The SMILES string of the molecule is Cc1cc(C)nc(NNC(=O)C(=O)Nc2ccc(Cl)cc2F)n1. The molecule has 2 rings (SSSR count). The molecule has 0 radical (unpaired) electrons. The summed E-state index contributed by atoms with van der Waals surface area (Å²) >= 11 is 5.60. The molecule has 0 unspecified atom stereocenters. The molecule has 0 atom stereocenters. The molecule has 1 aromatic carbocycles. The van der Waals surface area contributed by atoms with Crippen molar-refractivity contribution >= 4 is 35.1 Å². The minimum Gasteiger partial charge on any atom is -0.315 e. The van der Waals surface area contributed by atoms with Crippen LogP contribution >= 0.6 is 11.6 Å². The number of carbonyl (C=O) groups is 2. The third kappa shape index (κ3) is 4.62. The number of amides is 2. The van der Waals surface area contributed by atoms with E-state index in [1.807, 2.05) is 0 Å². The highest BCUT2D eigenvalue weighted by Crippen LogP contribution is 2.18. The molecule has 1 aromatic heterocycles. The predicted octanol–water partition coefficient (Wildman–Crippen LogP) is 1.97. The minimum absolute atomic E-state index is 0.140. The van der Waals surface area contributed by atoms with Crippen LogP contribution in [-0.4, -0.2) is 21.8 Å². The van der Waals surface area contributed by atoms with Gasteiger partial charge in [0.05, 0.1) is 5.69 Å². The number of nitrogens with one attached hydrogen (secondary N) is 3. The first-order chi connectivity index (χ1) is 10.8. The molecule has 0 saturated carbocycles. The molecule has 2 aromatic rings. The quantitative estimate of drug-likeness (QED) is 0.588. The molecule has 120 valence electrons. The van der Waals surface area contributed by atoms with Crippen molar-refractivity contribution in [3.63, 3.8) is 0 Å². The number of hydrogen-bond acceptors (Lipinski definition) is 5. The second-order valence-corrected chi connectivity index (χ2v) is 5.07. The number of rotatable bonds is 3. The maximum absolute atomic E-state index is 13.5. The second-order valence-electron chi connectivity index (χ2n) is 4.63. The van der Waals surface area contributed by atoms with Gasteiger partial charge in [0.25, 0.3) is 0 Å². The van der Waals surface area contributed by atoms with Crippen molar-refractivity contribution in [1.82, 2.24) is 15.4 Å². The smallest absolute Gasteiger partial charge is 0.315 e. The number of hydrogen-bond donors (Lipinski definition) is 3. The maximum atomic E-state index is 13.5. The monoisotopic (exact) mass is 337 g/mol. The van der Waals surface area contributed by atoms with Gasteiger partial charge in [0.1, 0.15) is 5.82 Å². The van der Waals surface area contributed by atoms with Crippen molar-refractivity contribution in [2.24, 2.45) is 0 Å². The van der Waals surface area contributed by atoms with E-state index in [4.69, 9.17) is 11.6 Å². The average molecular weight is 338 g/mol. The van der Waals surface area contributed by atoms with E-state index in [1.165, 1.54) is 12.1 Å². The molecular formula is C14H13ClFN5O2. The van der Waals surface area contributed by atoms with E-state index in [-0.39, 0.29) is 16.7 Å². The molecule has 0 bridgehead atoms. The Labute approximate surface area is 136 Å². The zero-order valence-corrected chi connectivity index (χ0v) is 13.0. The van der Waals surface area contributed by atoms with Gasteiger partial charge < -0.3 is 5.32 Å². The molecule has 2 amide bonds. The highest BCUT2D eigenvalue weighted by atomic mass is 35.5. The molecule has 0 saturated heterocycles. The van der Waals surface area contributed by atoms with Crippen LogP contribution in [0.25, 0.3) is 0 Å². The van der Waals surface area contributed by atoms with E-state index in [1.54, 1.807) is 19.9 Å². The number of hydrazine groups is 1. The Bertz CT molecular complexity index is 749. The van der Waals surface area contributed by atoms with E-state index >= 15 is 0 Å². The highest BCUT2D eigenvalue weighted by molar-refractivity contribution is 6.39. The Balaban J connectivity index is 1.96. The van der Waals surface area contributed by atoms with Gasteiger partial charge in [0.15, 0.2) is 0 Å². The number of aryl methyl sites for hydroxylation is 2. The Morgan fingerprint density at radius 2 is 1.74 bits per heavy atom. The van der Waals surface area contributed by atoms with Crippen LogP contribution in [-0.2, 0) is 9.59 Å². The van der Waals surface area contributed by atoms with E-state index in [9.17, 15) is 14.0 Å². The van der Waals surface area contributed by atoms with Gasteiger partial charge in [-0.25, -0.2) is 14.4 Å². The van der Waals surface area contributed by atoms with Crippen molar-refractivity contribution < 1.29 is 14.0 Å². The zero-order chi connectivity index (χ0) is 17.0. The molecular weight excluding hydrogens is 325 g/mol. The average Bonchev–Trinajstić information content (AvgIpc) is 2.46. The van der Waals surface area contributed by atoms with E-state index in [0.717, 1.165) is 6.07 Å². The Morgan fingerprint density at radius 3 is 2.35 bits per heavy atom.